The van der Waals surface area contributed by atoms with Crippen molar-refractivity contribution in [2.45, 2.75) is 97.8 Å². The van der Waals surface area contributed by atoms with E-state index in [4.69, 9.17) is 9.97 Å². The second kappa shape index (κ2) is 19.5. The molecule has 0 bridgehead atoms. The number of nitrogens with zero attached hydrogens (tertiary/aromatic N) is 2. The Labute approximate surface area is 344 Å². The van der Waals surface area contributed by atoms with Crippen molar-refractivity contribution in [2.75, 3.05) is 0 Å². The topological polar surface area (TPSA) is 63.1 Å². The Morgan fingerprint density at radius 2 is 1.12 bits per heavy atom. The number of aromatic nitrogens is 2. The van der Waals surface area contributed by atoms with Gasteiger partial charge in [-0.15, -0.1) is 0 Å². The van der Waals surface area contributed by atoms with E-state index in [0.717, 1.165) is 43.5 Å². The van der Waals surface area contributed by atoms with Crippen molar-refractivity contribution in [1.29, 1.82) is 0 Å². The number of hydrogen-bond donors (Lipinski definition) is 1. The zero-order chi connectivity index (χ0) is 40.3. The highest BCUT2D eigenvalue weighted by Gasteiger charge is 2.12. The Bertz CT molecular complexity index is 2530. The quantitative estimate of drug-likeness (QED) is 0.0537. The van der Waals surface area contributed by atoms with Gasteiger partial charge in [-0.25, -0.2) is 0 Å². The Morgan fingerprint density at radius 3 is 1.79 bits per heavy atom. The summed E-state index contributed by atoms with van der Waals surface area (Å²) < 4.78 is 0. The summed E-state index contributed by atoms with van der Waals surface area (Å²) in [5.41, 5.74) is 13.7. The minimum Gasteiger partial charge on any atom is -0.512 e. The zero-order valence-corrected chi connectivity index (χ0v) is 34.4. The molecule has 0 aliphatic rings. The number of ketones is 1. The fraction of sp³-hybridized carbons (Fsp3) is 0.278. The number of carbonyl (C=O) groups is 1. The van der Waals surface area contributed by atoms with Crippen LogP contribution in [0.5, 0.6) is 0 Å². The van der Waals surface area contributed by atoms with Gasteiger partial charge < -0.3 is 5.11 Å². The van der Waals surface area contributed by atoms with E-state index in [1.54, 1.807) is 0 Å². The van der Waals surface area contributed by atoms with E-state index in [9.17, 15) is 9.90 Å². The van der Waals surface area contributed by atoms with Gasteiger partial charge in [-0.2, -0.15) is 0 Å². The summed E-state index contributed by atoms with van der Waals surface area (Å²) in [6.45, 7) is 5.86. The molecule has 0 radical (unpaired) electrons. The largest absolute Gasteiger partial charge is 0.512 e. The molecule has 0 saturated heterocycles. The molecular weight excluding hydrogens is 709 g/mol. The molecule has 5 aromatic carbocycles. The number of fused-ring (bicyclic) bond motifs is 2. The minimum atomic E-state index is -0.120. The number of rotatable bonds is 18. The first kappa shape index (κ1) is 40.3. The average Bonchev–Trinajstić information content (AvgIpc) is 3.21. The van der Waals surface area contributed by atoms with Crippen LogP contribution in [0.15, 0.2) is 139 Å². The van der Waals surface area contributed by atoms with Crippen molar-refractivity contribution in [2.24, 2.45) is 0 Å². The van der Waals surface area contributed by atoms with Gasteiger partial charge in [0.05, 0.1) is 17.1 Å². The number of aliphatic hydroxyl groups excluding tert-OH is 1. The van der Waals surface area contributed by atoms with Gasteiger partial charge in [0.15, 0.2) is 5.78 Å². The van der Waals surface area contributed by atoms with Gasteiger partial charge in [-0.3, -0.25) is 14.8 Å². The lowest BCUT2D eigenvalue weighted by Gasteiger charge is -2.13. The third-order valence-electron chi connectivity index (χ3n) is 11.3. The molecule has 4 heteroatoms. The van der Waals surface area contributed by atoms with Crippen LogP contribution in [0.2, 0.25) is 0 Å². The monoisotopic (exact) mass is 764 g/mol. The van der Waals surface area contributed by atoms with Crippen LogP contribution >= 0.6 is 0 Å². The maximum Gasteiger partial charge on any atom is 0.155 e. The lowest BCUT2D eigenvalue weighted by molar-refractivity contribution is -0.112. The lowest BCUT2D eigenvalue weighted by atomic mass is 9.94. The predicted octanol–water partition coefficient (Wildman–Crippen LogP) is 13.8. The first-order chi connectivity index (χ1) is 28.3. The third kappa shape index (κ3) is 10.7. The van der Waals surface area contributed by atoms with Gasteiger partial charge in [0, 0.05) is 46.8 Å². The molecule has 2 aromatic heterocycles. The molecule has 7 rings (SSSR count). The number of unbranched alkanes of at least 4 members (excludes halogenated alkanes) is 5. The number of carbonyl (C=O) groups excluding carboxylic acids is 1. The maximum atomic E-state index is 11.2. The summed E-state index contributed by atoms with van der Waals surface area (Å²) in [5, 5.41) is 14.8. The van der Waals surface area contributed by atoms with Crippen LogP contribution < -0.4 is 0 Å². The molecule has 0 aliphatic heterocycles. The number of aliphatic hydroxyl groups is 1. The molecule has 0 unspecified atom stereocenters. The van der Waals surface area contributed by atoms with E-state index >= 15 is 0 Å². The second-order valence-electron chi connectivity index (χ2n) is 16.2. The molecule has 0 fully saturated rings. The standard InChI is InChI=1S/C54H56N2O2/c1-38-30-43(36-47(32-38)53-51-20-11-10-17-45(51)26-28-55-53)14-8-6-4-5-7-9-15-44-31-39(2)33-48(37-44)54-52-21-13-18-46(50(52)27-29-56-54)35-42-24-22-41(23-25-42)16-12-19-49(58)34-40(3)57/h10-11,13,17-18,20-34,36-37,58H,4-9,12,14-16,19,35H2,1-3H3. The molecule has 0 aliphatic carbocycles. The maximum absolute atomic E-state index is 11.2. The van der Waals surface area contributed by atoms with E-state index in [1.807, 2.05) is 12.4 Å². The van der Waals surface area contributed by atoms with Gasteiger partial charge in [-0.05, 0) is 141 Å². The Morgan fingerprint density at radius 1 is 0.552 bits per heavy atom. The molecule has 58 heavy (non-hydrogen) atoms. The summed E-state index contributed by atoms with van der Waals surface area (Å²) in [5.74, 6) is 0.0412. The van der Waals surface area contributed by atoms with Crippen LogP contribution in [-0.4, -0.2) is 20.9 Å². The van der Waals surface area contributed by atoms with Crippen molar-refractivity contribution >= 4 is 27.3 Å². The van der Waals surface area contributed by atoms with Gasteiger partial charge in [0.2, 0.25) is 0 Å². The molecule has 294 valence electrons. The van der Waals surface area contributed by atoms with Crippen molar-refractivity contribution < 1.29 is 9.90 Å². The fourth-order valence-corrected chi connectivity index (χ4v) is 8.48. The second-order valence-corrected chi connectivity index (χ2v) is 16.2. The highest BCUT2D eigenvalue weighted by Crippen LogP contribution is 2.32. The number of allylic oxidation sites excluding steroid dienone is 2. The van der Waals surface area contributed by atoms with Crippen LogP contribution in [0.3, 0.4) is 0 Å². The van der Waals surface area contributed by atoms with Crippen molar-refractivity contribution in [3.63, 3.8) is 0 Å². The Hall–Kier alpha value is -5.87. The van der Waals surface area contributed by atoms with Gasteiger partial charge in [0.25, 0.3) is 0 Å². The number of aryl methyl sites for hydroxylation is 5. The molecule has 0 atom stereocenters. The SMILES string of the molecule is CC(=O)C=C(O)CCCc1ccc(Cc2cccc3c(-c4cc(C)cc(CCCCCCCCc5cc(C)cc(-c6nccc7ccccc67)c5)c4)nccc23)cc1. The first-order valence-electron chi connectivity index (χ1n) is 21.2. The molecule has 1 N–H and O–H groups in total. The highest BCUT2D eigenvalue weighted by atomic mass is 16.3. The third-order valence-corrected chi connectivity index (χ3v) is 11.3. The van der Waals surface area contributed by atoms with Crippen LogP contribution in [0.1, 0.15) is 97.2 Å². The highest BCUT2D eigenvalue weighted by molar-refractivity contribution is 5.97. The van der Waals surface area contributed by atoms with Crippen molar-refractivity contribution in [1.82, 2.24) is 9.97 Å². The lowest BCUT2D eigenvalue weighted by Crippen LogP contribution is -1.95. The Balaban J connectivity index is 0.901. The van der Waals surface area contributed by atoms with Crippen LogP contribution in [-0.2, 0) is 30.5 Å². The van der Waals surface area contributed by atoms with E-state index in [-0.39, 0.29) is 11.5 Å². The summed E-state index contributed by atoms with van der Waals surface area (Å²) in [7, 11) is 0. The van der Waals surface area contributed by atoms with Crippen molar-refractivity contribution in [3.05, 3.63) is 178 Å². The summed E-state index contributed by atoms with van der Waals surface area (Å²) in [4.78, 5) is 20.9. The summed E-state index contributed by atoms with van der Waals surface area (Å²) in [6, 6.07) is 42.1. The van der Waals surface area contributed by atoms with E-state index in [0.29, 0.717) is 6.42 Å². The molecule has 0 spiro atoms. The van der Waals surface area contributed by atoms with E-state index in [2.05, 4.69) is 129 Å². The predicted molar refractivity (Wildman–Crippen MR) is 243 cm³/mol. The smallest absolute Gasteiger partial charge is 0.155 e. The van der Waals surface area contributed by atoms with Crippen molar-refractivity contribution in [3.8, 4) is 22.5 Å². The number of benzene rings is 5. The van der Waals surface area contributed by atoms with Gasteiger partial charge in [0.1, 0.15) is 0 Å². The molecule has 2 heterocycles. The molecule has 7 aromatic rings. The summed E-state index contributed by atoms with van der Waals surface area (Å²) >= 11 is 0. The molecular formula is C54H56N2O2. The van der Waals surface area contributed by atoms with E-state index < -0.39 is 0 Å². The molecule has 4 nitrogen and oxygen atoms in total. The van der Waals surface area contributed by atoms with Crippen LogP contribution in [0.25, 0.3) is 44.1 Å². The zero-order valence-electron chi connectivity index (χ0n) is 34.4. The van der Waals surface area contributed by atoms with Crippen LogP contribution in [0.4, 0.5) is 0 Å². The van der Waals surface area contributed by atoms with Gasteiger partial charge in [-0.1, -0.05) is 116 Å². The van der Waals surface area contributed by atoms with E-state index in [1.165, 1.54) is 123 Å². The fourth-order valence-electron chi connectivity index (χ4n) is 8.48. The summed E-state index contributed by atoms with van der Waals surface area (Å²) in [6.07, 6.45) is 17.9. The van der Waals surface area contributed by atoms with Gasteiger partial charge >= 0.3 is 0 Å². The van der Waals surface area contributed by atoms with Crippen LogP contribution in [0, 0.1) is 13.8 Å². The molecule has 0 saturated carbocycles. The first-order valence-corrected chi connectivity index (χ1v) is 21.2. The average molecular weight is 765 g/mol. The Kier molecular flexibility index (Phi) is 13.6. The normalized spacial score (nSPS) is 11.7. The molecule has 0 amide bonds. The number of hydrogen-bond acceptors (Lipinski definition) is 4. The number of pyridine rings is 2. The minimum absolute atomic E-state index is 0.120.